The molecule has 0 saturated heterocycles. The first kappa shape index (κ1) is 14.6. The molecule has 21 heavy (non-hydrogen) atoms. The van der Waals surface area contributed by atoms with E-state index in [-0.39, 0.29) is 12.5 Å². The van der Waals surface area contributed by atoms with Gasteiger partial charge in [-0.3, -0.25) is 10.1 Å². The van der Waals surface area contributed by atoms with Crippen molar-refractivity contribution in [1.29, 1.82) is 0 Å². The fourth-order valence-corrected chi connectivity index (χ4v) is 3.53. The number of halogens is 2. The van der Waals surface area contributed by atoms with Gasteiger partial charge < -0.3 is 4.74 Å². The molecule has 4 nitrogen and oxygen atoms in total. The molecule has 0 saturated carbocycles. The van der Waals surface area contributed by atoms with Gasteiger partial charge in [0.2, 0.25) is 0 Å². The first-order valence-corrected chi connectivity index (χ1v) is 8.05. The van der Waals surface area contributed by atoms with Crippen LogP contribution in [0, 0.1) is 0 Å². The molecule has 0 spiro atoms. The number of ether oxygens (including phenoxy) is 1. The lowest BCUT2D eigenvalue weighted by molar-refractivity contribution is -0.118. The fraction of sp³-hybridized carbons (Fsp3) is 0.286. The highest BCUT2D eigenvalue weighted by Gasteiger charge is 2.18. The minimum absolute atomic E-state index is 0.135. The molecule has 0 atom stereocenters. The molecule has 1 aromatic carbocycles. The van der Waals surface area contributed by atoms with Crippen molar-refractivity contribution < 1.29 is 9.53 Å². The van der Waals surface area contributed by atoms with Crippen molar-refractivity contribution in [2.75, 3.05) is 11.9 Å². The van der Waals surface area contributed by atoms with Crippen LogP contribution in [0.2, 0.25) is 10.0 Å². The SMILES string of the molecule is O=C(COc1cc(Cl)ccc1Cl)Nc1nc2c(s1)CCC2. The third-order valence-electron chi connectivity index (χ3n) is 3.09. The molecule has 0 unspecified atom stereocenters. The van der Waals surface area contributed by atoms with Crippen molar-refractivity contribution in [3.05, 3.63) is 38.8 Å². The zero-order valence-electron chi connectivity index (χ0n) is 11.0. The van der Waals surface area contributed by atoms with E-state index in [1.807, 2.05) is 0 Å². The van der Waals surface area contributed by atoms with Gasteiger partial charge in [-0.2, -0.15) is 0 Å². The summed E-state index contributed by atoms with van der Waals surface area (Å²) in [4.78, 5) is 17.5. The number of thiazole rings is 1. The van der Waals surface area contributed by atoms with Crippen LogP contribution in [0.15, 0.2) is 18.2 Å². The molecule has 1 heterocycles. The first-order valence-electron chi connectivity index (χ1n) is 6.48. The standard InChI is InChI=1S/C14H12Cl2N2O2S/c15-8-4-5-9(16)11(6-8)20-7-13(19)18-14-17-10-2-1-3-12(10)21-14/h4-6H,1-3,7H2,(H,17,18,19). The molecular formula is C14H12Cl2N2O2S. The number of nitrogens with zero attached hydrogens (tertiary/aromatic N) is 1. The van der Waals surface area contributed by atoms with E-state index in [1.165, 1.54) is 16.2 Å². The van der Waals surface area contributed by atoms with Crippen molar-refractivity contribution in [3.8, 4) is 5.75 Å². The van der Waals surface area contributed by atoms with Crippen LogP contribution in [0.3, 0.4) is 0 Å². The molecule has 3 rings (SSSR count). The van der Waals surface area contributed by atoms with E-state index >= 15 is 0 Å². The average molecular weight is 343 g/mol. The van der Waals surface area contributed by atoms with Crippen LogP contribution in [-0.2, 0) is 17.6 Å². The van der Waals surface area contributed by atoms with Crippen molar-refractivity contribution >= 4 is 45.6 Å². The molecule has 1 N–H and O–H groups in total. The monoisotopic (exact) mass is 342 g/mol. The number of aryl methyl sites for hydroxylation is 2. The van der Waals surface area contributed by atoms with Crippen LogP contribution in [0.4, 0.5) is 5.13 Å². The molecule has 1 amide bonds. The maximum atomic E-state index is 11.9. The zero-order chi connectivity index (χ0) is 14.8. The Morgan fingerprint density at radius 2 is 2.24 bits per heavy atom. The highest BCUT2D eigenvalue weighted by atomic mass is 35.5. The molecule has 0 aliphatic heterocycles. The van der Waals surface area contributed by atoms with E-state index in [0.717, 1.165) is 25.0 Å². The number of aromatic nitrogens is 1. The minimum atomic E-state index is -0.265. The molecular weight excluding hydrogens is 331 g/mol. The Labute approximate surface area is 136 Å². The number of benzene rings is 1. The third kappa shape index (κ3) is 3.48. The summed E-state index contributed by atoms with van der Waals surface area (Å²) in [6.45, 7) is -0.135. The van der Waals surface area contributed by atoms with Gasteiger partial charge in [-0.15, -0.1) is 11.3 Å². The van der Waals surface area contributed by atoms with Crippen LogP contribution in [-0.4, -0.2) is 17.5 Å². The number of carbonyl (C=O) groups is 1. The van der Waals surface area contributed by atoms with Crippen LogP contribution in [0.1, 0.15) is 17.0 Å². The maximum Gasteiger partial charge on any atom is 0.264 e. The van der Waals surface area contributed by atoms with Gasteiger partial charge >= 0.3 is 0 Å². The Morgan fingerprint density at radius 3 is 3.05 bits per heavy atom. The summed E-state index contributed by atoms with van der Waals surface area (Å²) >= 11 is 13.4. The molecule has 1 aliphatic carbocycles. The van der Waals surface area contributed by atoms with Crippen molar-refractivity contribution in [1.82, 2.24) is 4.98 Å². The van der Waals surface area contributed by atoms with Gasteiger partial charge in [-0.25, -0.2) is 4.98 Å². The molecule has 2 aromatic rings. The van der Waals surface area contributed by atoms with E-state index in [0.29, 0.717) is 20.9 Å². The molecule has 1 aromatic heterocycles. The molecule has 110 valence electrons. The normalized spacial score (nSPS) is 13.0. The minimum Gasteiger partial charge on any atom is -0.482 e. The number of carbonyl (C=O) groups excluding carboxylic acids is 1. The van der Waals surface area contributed by atoms with Gasteiger partial charge in [-0.1, -0.05) is 23.2 Å². The molecule has 0 radical (unpaired) electrons. The zero-order valence-corrected chi connectivity index (χ0v) is 13.3. The highest BCUT2D eigenvalue weighted by Crippen LogP contribution is 2.30. The Balaban J connectivity index is 1.57. The number of nitrogens with one attached hydrogen (secondary N) is 1. The van der Waals surface area contributed by atoms with Crippen molar-refractivity contribution in [3.63, 3.8) is 0 Å². The molecule has 0 fully saturated rings. The van der Waals surface area contributed by atoms with Gasteiger partial charge in [0.1, 0.15) is 5.75 Å². The maximum absolute atomic E-state index is 11.9. The second kappa shape index (κ2) is 6.22. The summed E-state index contributed by atoms with van der Waals surface area (Å²) in [5.41, 5.74) is 1.11. The van der Waals surface area contributed by atoms with Gasteiger partial charge in [0.25, 0.3) is 5.91 Å². The molecule has 7 heteroatoms. The second-order valence-electron chi connectivity index (χ2n) is 4.65. The number of hydrogen-bond donors (Lipinski definition) is 1. The highest BCUT2D eigenvalue weighted by molar-refractivity contribution is 7.15. The lowest BCUT2D eigenvalue weighted by atomic mass is 10.3. The number of hydrogen-bond acceptors (Lipinski definition) is 4. The largest absolute Gasteiger partial charge is 0.482 e. The van der Waals surface area contributed by atoms with E-state index in [2.05, 4.69) is 10.3 Å². The Bertz CT molecular complexity index is 666. The van der Waals surface area contributed by atoms with Gasteiger partial charge in [0, 0.05) is 16.0 Å². The Kier molecular flexibility index (Phi) is 4.33. The number of rotatable bonds is 4. The van der Waals surface area contributed by atoms with E-state index < -0.39 is 0 Å². The van der Waals surface area contributed by atoms with Crippen LogP contribution in [0.25, 0.3) is 0 Å². The number of amides is 1. The predicted octanol–water partition coefficient (Wildman–Crippen LogP) is 3.96. The third-order valence-corrected chi connectivity index (χ3v) is 4.71. The van der Waals surface area contributed by atoms with E-state index in [1.54, 1.807) is 18.2 Å². The summed E-state index contributed by atoms with van der Waals surface area (Å²) in [6, 6.07) is 4.87. The van der Waals surface area contributed by atoms with Crippen molar-refractivity contribution in [2.45, 2.75) is 19.3 Å². The lowest BCUT2D eigenvalue weighted by Crippen LogP contribution is -2.20. The summed E-state index contributed by atoms with van der Waals surface area (Å²) < 4.78 is 5.38. The van der Waals surface area contributed by atoms with Crippen LogP contribution < -0.4 is 10.1 Å². The molecule has 1 aliphatic rings. The Hall–Kier alpha value is -1.30. The lowest BCUT2D eigenvalue weighted by Gasteiger charge is -2.07. The Morgan fingerprint density at radius 1 is 1.38 bits per heavy atom. The fourth-order valence-electron chi connectivity index (χ4n) is 2.13. The summed E-state index contributed by atoms with van der Waals surface area (Å²) in [5, 5.41) is 4.30. The topological polar surface area (TPSA) is 51.2 Å². The van der Waals surface area contributed by atoms with Gasteiger partial charge in [0.05, 0.1) is 10.7 Å². The smallest absolute Gasteiger partial charge is 0.264 e. The average Bonchev–Trinajstić information content (AvgIpc) is 3.00. The summed E-state index contributed by atoms with van der Waals surface area (Å²) in [6.07, 6.45) is 3.20. The molecule has 0 bridgehead atoms. The predicted molar refractivity (Wildman–Crippen MR) is 84.7 cm³/mol. The van der Waals surface area contributed by atoms with Crippen LogP contribution >= 0.6 is 34.5 Å². The van der Waals surface area contributed by atoms with E-state index in [9.17, 15) is 4.79 Å². The summed E-state index contributed by atoms with van der Waals surface area (Å²) in [7, 11) is 0. The first-order chi connectivity index (χ1) is 10.1. The van der Waals surface area contributed by atoms with Gasteiger partial charge in [-0.05, 0) is 31.4 Å². The van der Waals surface area contributed by atoms with Crippen molar-refractivity contribution in [2.24, 2.45) is 0 Å². The summed E-state index contributed by atoms with van der Waals surface area (Å²) in [5.74, 6) is 0.124. The van der Waals surface area contributed by atoms with Crippen LogP contribution in [0.5, 0.6) is 5.75 Å². The quantitative estimate of drug-likeness (QED) is 0.914. The number of fused-ring (bicyclic) bond motifs is 1. The van der Waals surface area contributed by atoms with E-state index in [4.69, 9.17) is 27.9 Å². The second-order valence-corrected chi connectivity index (χ2v) is 6.58. The number of anilines is 1. The van der Waals surface area contributed by atoms with Gasteiger partial charge in [0.15, 0.2) is 11.7 Å².